The van der Waals surface area contributed by atoms with Gasteiger partial charge in [0.25, 0.3) is 0 Å². The van der Waals surface area contributed by atoms with Crippen molar-refractivity contribution in [3.05, 3.63) is 30.3 Å². The molecular formula is C10H16NO3P. The van der Waals surface area contributed by atoms with Crippen LogP contribution in [0.25, 0.3) is 0 Å². The van der Waals surface area contributed by atoms with Gasteiger partial charge in [0, 0.05) is 19.9 Å². The van der Waals surface area contributed by atoms with Crippen molar-refractivity contribution in [3.63, 3.8) is 0 Å². The van der Waals surface area contributed by atoms with Crippen LogP contribution in [0, 0.1) is 0 Å². The maximum Gasteiger partial charge on any atom is 0.351 e. The molecule has 0 bridgehead atoms. The summed E-state index contributed by atoms with van der Waals surface area (Å²) in [5.74, 6) is -0.380. The van der Waals surface area contributed by atoms with Crippen molar-refractivity contribution in [1.82, 2.24) is 0 Å². The highest BCUT2D eigenvalue weighted by Crippen LogP contribution is 2.51. The molecule has 0 heterocycles. The van der Waals surface area contributed by atoms with Gasteiger partial charge in [0.2, 0.25) is 0 Å². The molecule has 1 aromatic rings. The smallest absolute Gasteiger partial charge is 0.351 e. The van der Waals surface area contributed by atoms with E-state index in [0.29, 0.717) is 0 Å². The van der Waals surface area contributed by atoms with Crippen molar-refractivity contribution in [2.75, 3.05) is 19.5 Å². The van der Waals surface area contributed by atoms with Crippen molar-refractivity contribution < 1.29 is 13.6 Å². The quantitative estimate of drug-likeness (QED) is 0.788. The van der Waals surface area contributed by atoms with Gasteiger partial charge in [-0.15, -0.1) is 0 Å². The van der Waals surface area contributed by atoms with Crippen molar-refractivity contribution in [2.24, 2.45) is 0 Å². The predicted octanol–water partition coefficient (Wildman–Crippen LogP) is 2.93. The zero-order chi connectivity index (χ0) is 11.3. The molecule has 0 aromatic heterocycles. The van der Waals surface area contributed by atoms with Crippen molar-refractivity contribution in [3.8, 4) is 0 Å². The van der Waals surface area contributed by atoms with E-state index in [-0.39, 0.29) is 5.78 Å². The van der Waals surface area contributed by atoms with Crippen molar-refractivity contribution in [1.29, 1.82) is 0 Å². The third-order valence-corrected chi connectivity index (χ3v) is 4.23. The second-order valence-corrected chi connectivity index (χ2v) is 5.68. The molecule has 5 heteroatoms. The van der Waals surface area contributed by atoms with Gasteiger partial charge in [-0.05, 0) is 19.1 Å². The summed E-state index contributed by atoms with van der Waals surface area (Å²) in [4.78, 5) is 0. The Labute approximate surface area is 90.1 Å². The Kier molecular flexibility index (Phi) is 4.33. The summed E-state index contributed by atoms with van der Waals surface area (Å²) in [5.41, 5.74) is 0.888. The average Bonchev–Trinajstić information content (AvgIpc) is 2.29. The fourth-order valence-electron chi connectivity index (χ4n) is 1.25. The highest BCUT2D eigenvalue weighted by Gasteiger charge is 2.29. The van der Waals surface area contributed by atoms with Crippen molar-refractivity contribution in [2.45, 2.75) is 12.7 Å². The molecule has 84 valence electrons. The maximum absolute atomic E-state index is 11.9. The normalized spacial score (nSPS) is 13.5. The highest BCUT2D eigenvalue weighted by molar-refractivity contribution is 7.54. The maximum atomic E-state index is 11.9. The predicted molar refractivity (Wildman–Crippen MR) is 61.2 cm³/mol. The van der Waals surface area contributed by atoms with E-state index in [9.17, 15) is 4.57 Å². The molecule has 1 atom stereocenters. The van der Waals surface area contributed by atoms with E-state index in [2.05, 4.69) is 5.32 Å². The van der Waals surface area contributed by atoms with Crippen LogP contribution in [-0.4, -0.2) is 20.0 Å². The number of hydrogen-bond acceptors (Lipinski definition) is 4. The monoisotopic (exact) mass is 229 g/mol. The summed E-state index contributed by atoms with van der Waals surface area (Å²) in [6.07, 6.45) is 0. The minimum atomic E-state index is -3.05. The lowest BCUT2D eigenvalue weighted by Gasteiger charge is -2.22. The second kappa shape index (κ2) is 5.31. The number of hydrogen-bond donors (Lipinski definition) is 1. The lowest BCUT2D eigenvalue weighted by molar-refractivity contribution is 0.270. The second-order valence-electron chi connectivity index (χ2n) is 3.09. The Morgan fingerprint density at radius 1 is 1.20 bits per heavy atom. The first-order valence-corrected chi connectivity index (χ1v) is 6.26. The van der Waals surface area contributed by atoms with Crippen LogP contribution in [0.4, 0.5) is 5.69 Å². The summed E-state index contributed by atoms with van der Waals surface area (Å²) < 4.78 is 21.7. The van der Waals surface area contributed by atoms with E-state index in [0.717, 1.165) is 5.69 Å². The number of para-hydroxylation sites is 1. The Morgan fingerprint density at radius 2 is 1.73 bits per heavy atom. The van der Waals surface area contributed by atoms with Crippen LogP contribution in [0.3, 0.4) is 0 Å². The van der Waals surface area contributed by atoms with Crippen LogP contribution < -0.4 is 5.32 Å². The summed E-state index contributed by atoms with van der Waals surface area (Å²) in [6.45, 7) is 1.76. The molecule has 0 radical (unpaired) electrons. The Hall–Kier alpha value is -0.830. The molecule has 0 aliphatic rings. The molecule has 0 spiro atoms. The molecule has 0 amide bonds. The molecule has 0 unspecified atom stereocenters. The minimum absolute atomic E-state index is 0.380. The fraction of sp³-hybridized carbons (Fsp3) is 0.400. The lowest BCUT2D eigenvalue weighted by atomic mass is 10.3. The van der Waals surface area contributed by atoms with Crippen molar-refractivity contribution >= 4 is 13.3 Å². The van der Waals surface area contributed by atoms with E-state index < -0.39 is 7.60 Å². The number of nitrogens with one attached hydrogen (secondary N) is 1. The van der Waals surface area contributed by atoms with E-state index >= 15 is 0 Å². The first kappa shape index (κ1) is 12.2. The van der Waals surface area contributed by atoms with Gasteiger partial charge >= 0.3 is 7.60 Å². The molecule has 4 nitrogen and oxygen atoms in total. The van der Waals surface area contributed by atoms with E-state index in [1.54, 1.807) is 6.92 Å². The molecular weight excluding hydrogens is 213 g/mol. The summed E-state index contributed by atoms with van der Waals surface area (Å²) in [6, 6.07) is 9.51. The van der Waals surface area contributed by atoms with Crippen LogP contribution in [0.1, 0.15) is 6.92 Å². The third kappa shape index (κ3) is 3.06. The van der Waals surface area contributed by atoms with Gasteiger partial charge in [0.05, 0.1) is 0 Å². The lowest BCUT2D eigenvalue weighted by Crippen LogP contribution is -2.17. The van der Waals surface area contributed by atoms with Crippen LogP contribution >= 0.6 is 7.60 Å². The number of anilines is 1. The standard InChI is InChI=1S/C10H16NO3P/c1-9(15(12,13-2)14-3)11-10-7-5-4-6-8-10/h4-9,11H,1-3H3/t9-/m0/s1. The summed E-state index contributed by atoms with van der Waals surface area (Å²) >= 11 is 0. The fourth-order valence-corrected chi connectivity index (χ4v) is 2.33. The van der Waals surface area contributed by atoms with Gasteiger partial charge in [0.15, 0.2) is 0 Å². The minimum Gasteiger partial charge on any atom is -0.372 e. The molecule has 0 saturated heterocycles. The first-order valence-electron chi connectivity index (χ1n) is 4.65. The summed E-state index contributed by atoms with van der Waals surface area (Å²) in [7, 11) is -0.284. The third-order valence-electron chi connectivity index (χ3n) is 2.13. The van der Waals surface area contributed by atoms with Gasteiger partial charge in [-0.2, -0.15) is 0 Å². The van der Waals surface area contributed by atoms with Crippen LogP contribution in [-0.2, 0) is 13.6 Å². The average molecular weight is 229 g/mol. The molecule has 0 fully saturated rings. The van der Waals surface area contributed by atoms with Gasteiger partial charge in [-0.3, -0.25) is 4.57 Å². The highest BCUT2D eigenvalue weighted by atomic mass is 31.2. The number of rotatable bonds is 5. The Bertz CT molecular complexity index is 334. The van der Waals surface area contributed by atoms with Gasteiger partial charge < -0.3 is 14.4 Å². The van der Waals surface area contributed by atoms with Gasteiger partial charge in [-0.1, -0.05) is 18.2 Å². The first-order chi connectivity index (χ1) is 7.12. The molecule has 0 saturated carbocycles. The topological polar surface area (TPSA) is 47.6 Å². The SMILES string of the molecule is COP(=O)(OC)[C@@H](C)Nc1ccccc1. The van der Waals surface area contributed by atoms with E-state index in [1.807, 2.05) is 30.3 Å². The Morgan fingerprint density at radius 3 is 2.20 bits per heavy atom. The zero-order valence-corrected chi connectivity index (χ0v) is 10.0. The molecule has 0 aliphatic heterocycles. The van der Waals surface area contributed by atoms with Crippen LogP contribution in [0.15, 0.2) is 30.3 Å². The van der Waals surface area contributed by atoms with E-state index in [1.165, 1.54) is 14.2 Å². The molecule has 1 aromatic carbocycles. The molecule has 1 rings (SSSR count). The van der Waals surface area contributed by atoms with Gasteiger partial charge in [-0.25, -0.2) is 0 Å². The molecule has 1 N–H and O–H groups in total. The van der Waals surface area contributed by atoms with E-state index in [4.69, 9.17) is 9.05 Å². The Balaban J connectivity index is 2.71. The zero-order valence-electron chi connectivity index (χ0n) is 9.14. The molecule has 15 heavy (non-hydrogen) atoms. The summed E-state index contributed by atoms with van der Waals surface area (Å²) in [5, 5.41) is 3.07. The largest absolute Gasteiger partial charge is 0.372 e. The van der Waals surface area contributed by atoms with Gasteiger partial charge in [0.1, 0.15) is 5.78 Å². The molecule has 0 aliphatic carbocycles. The van der Waals surface area contributed by atoms with Crippen LogP contribution in [0.2, 0.25) is 0 Å². The van der Waals surface area contributed by atoms with Crippen LogP contribution in [0.5, 0.6) is 0 Å². The number of benzene rings is 1.